The highest BCUT2D eigenvalue weighted by atomic mass is 35.5. The van der Waals surface area contributed by atoms with Gasteiger partial charge in [-0.3, -0.25) is 0 Å². The molecular formula is C21H19ClF3N3O3. The molecule has 0 aliphatic carbocycles. The number of imidazole rings is 1. The van der Waals surface area contributed by atoms with Crippen LogP contribution in [0.25, 0.3) is 16.8 Å². The number of aromatic nitrogens is 2. The molecule has 164 valence electrons. The van der Waals surface area contributed by atoms with E-state index in [1.54, 1.807) is 54.9 Å². The molecule has 1 unspecified atom stereocenters. The summed E-state index contributed by atoms with van der Waals surface area (Å²) in [7, 11) is 0. The van der Waals surface area contributed by atoms with E-state index >= 15 is 0 Å². The summed E-state index contributed by atoms with van der Waals surface area (Å²) in [4.78, 5) is 8.89. The molecule has 4 rings (SSSR count). The van der Waals surface area contributed by atoms with Gasteiger partial charge in [-0.2, -0.15) is 13.2 Å². The van der Waals surface area contributed by atoms with Crippen LogP contribution in [0.4, 0.5) is 13.2 Å². The first kappa shape index (κ1) is 21.5. The third-order valence-corrected chi connectivity index (χ3v) is 4.95. The van der Waals surface area contributed by atoms with Crippen molar-refractivity contribution in [2.24, 2.45) is 4.99 Å². The molecular weight excluding hydrogens is 435 g/mol. The van der Waals surface area contributed by atoms with Crippen molar-refractivity contribution in [3.8, 4) is 16.9 Å². The number of ether oxygens (including phenoxy) is 2. The zero-order valence-corrected chi connectivity index (χ0v) is 17.4. The molecule has 0 bridgehead atoms. The molecule has 3 aromatic rings. The summed E-state index contributed by atoms with van der Waals surface area (Å²) >= 11 is 6.26. The van der Waals surface area contributed by atoms with Gasteiger partial charge >= 0.3 is 6.18 Å². The van der Waals surface area contributed by atoms with E-state index < -0.39 is 24.5 Å². The average Bonchev–Trinajstić information content (AvgIpc) is 3.32. The smallest absolute Gasteiger partial charge is 0.422 e. The van der Waals surface area contributed by atoms with Crippen LogP contribution in [0.15, 0.2) is 47.7 Å². The molecule has 10 heteroatoms. The maximum atomic E-state index is 12.7. The van der Waals surface area contributed by atoms with Gasteiger partial charge in [0, 0.05) is 23.5 Å². The third-order valence-electron chi connectivity index (χ3n) is 4.75. The Labute approximate surface area is 180 Å². The Hall–Kier alpha value is -2.78. The van der Waals surface area contributed by atoms with E-state index in [1.165, 1.54) is 6.07 Å². The minimum absolute atomic E-state index is 0.0603. The number of rotatable bonds is 5. The topological polar surface area (TPSA) is 68.4 Å². The lowest BCUT2D eigenvalue weighted by Gasteiger charge is -2.23. The maximum absolute atomic E-state index is 12.7. The van der Waals surface area contributed by atoms with E-state index in [0.29, 0.717) is 27.5 Å². The van der Waals surface area contributed by atoms with Crippen LogP contribution in [-0.4, -0.2) is 51.4 Å². The first-order valence-corrected chi connectivity index (χ1v) is 9.80. The van der Waals surface area contributed by atoms with Gasteiger partial charge in [0.05, 0.1) is 17.2 Å². The van der Waals surface area contributed by atoms with Crippen molar-refractivity contribution >= 4 is 23.1 Å². The first-order chi connectivity index (χ1) is 14.5. The molecule has 0 saturated heterocycles. The molecule has 0 spiro atoms. The zero-order valence-electron chi connectivity index (χ0n) is 16.7. The predicted octanol–water partition coefficient (Wildman–Crippen LogP) is 4.51. The van der Waals surface area contributed by atoms with Gasteiger partial charge in [0.25, 0.3) is 0 Å². The van der Waals surface area contributed by atoms with Crippen molar-refractivity contribution < 1.29 is 27.8 Å². The van der Waals surface area contributed by atoms with Crippen molar-refractivity contribution in [2.75, 3.05) is 13.2 Å². The lowest BCUT2D eigenvalue weighted by atomic mass is 10.0. The van der Waals surface area contributed by atoms with E-state index in [2.05, 4.69) is 9.98 Å². The van der Waals surface area contributed by atoms with Gasteiger partial charge in [0.15, 0.2) is 6.61 Å². The Kier molecular flexibility index (Phi) is 5.35. The molecule has 1 aromatic carbocycles. The summed E-state index contributed by atoms with van der Waals surface area (Å²) in [6, 6.07) is 7.99. The van der Waals surface area contributed by atoms with E-state index in [9.17, 15) is 18.3 Å². The van der Waals surface area contributed by atoms with Crippen molar-refractivity contribution in [1.82, 2.24) is 9.38 Å². The van der Waals surface area contributed by atoms with Gasteiger partial charge in [-0.25, -0.2) is 9.98 Å². The normalized spacial score (nSPS) is 17.0. The average molecular weight is 454 g/mol. The van der Waals surface area contributed by atoms with Crippen LogP contribution in [0.5, 0.6) is 5.75 Å². The van der Waals surface area contributed by atoms with Gasteiger partial charge < -0.3 is 19.0 Å². The second-order valence-corrected chi connectivity index (χ2v) is 8.17. The molecule has 6 nitrogen and oxygen atoms in total. The molecule has 31 heavy (non-hydrogen) atoms. The number of fused-ring (bicyclic) bond motifs is 1. The number of alkyl halides is 3. The number of benzene rings is 1. The molecule has 3 heterocycles. The molecule has 0 fully saturated rings. The monoisotopic (exact) mass is 453 g/mol. The highest BCUT2D eigenvalue weighted by Gasteiger charge is 2.34. The van der Waals surface area contributed by atoms with Crippen LogP contribution >= 0.6 is 11.6 Å². The summed E-state index contributed by atoms with van der Waals surface area (Å²) in [5.74, 6) is 0.338. The highest BCUT2D eigenvalue weighted by Crippen LogP contribution is 2.35. The Bertz CT molecular complexity index is 1150. The second kappa shape index (κ2) is 7.72. The summed E-state index contributed by atoms with van der Waals surface area (Å²) in [6.07, 6.45) is -1.69. The van der Waals surface area contributed by atoms with Crippen LogP contribution in [0.3, 0.4) is 0 Å². The number of para-hydroxylation sites is 1. The number of hydrogen-bond donors (Lipinski definition) is 1. The van der Waals surface area contributed by atoms with Crippen molar-refractivity contribution in [1.29, 1.82) is 0 Å². The highest BCUT2D eigenvalue weighted by molar-refractivity contribution is 6.31. The van der Waals surface area contributed by atoms with Crippen LogP contribution in [-0.2, 0) is 4.74 Å². The van der Waals surface area contributed by atoms with Crippen molar-refractivity contribution in [3.05, 3.63) is 53.4 Å². The molecule has 1 atom stereocenters. The van der Waals surface area contributed by atoms with Crippen LogP contribution in [0.1, 0.15) is 19.5 Å². The Morgan fingerprint density at radius 1 is 1.23 bits per heavy atom. The quantitative estimate of drug-likeness (QED) is 0.617. The number of hydrogen-bond acceptors (Lipinski definition) is 5. The van der Waals surface area contributed by atoms with Gasteiger partial charge in [-0.05, 0) is 26.0 Å². The number of aliphatic imine (C=N–C) groups is 1. The molecule has 2 aromatic heterocycles. The van der Waals surface area contributed by atoms with Crippen LogP contribution in [0.2, 0.25) is 5.02 Å². The summed E-state index contributed by atoms with van der Waals surface area (Å²) in [5.41, 5.74) is 0.701. The SMILES string of the molecule is CC(C)(O)C1CN=C(c2cn3cc(Cl)cc(-c4ccccc4OCC(F)(F)F)c3n2)O1. The van der Waals surface area contributed by atoms with Crippen molar-refractivity contribution in [3.63, 3.8) is 0 Å². The van der Waals surface area contributed by atoms with E-state index in [1.807, 2.05) is 0 Å². The maximum Gasteiger partial charge on any atom is 0.422 e. The van der Waals surface area contributed by atoms with Crippen molar-refractivity contribution in [2.45, 2.75) is 31.7 Å². The fourth-order valence-corrected chi connectivity index (χ4v) is 3.44. The summed E-state index contributed by atoms with van der Waals surface area (Å²) in [5, 5.41) is 10.5. The Balaban J connectivity index is 1.74. The van der Waals surface area contributed by atoms with E-state index in [-0.39, 0.29) is 18.2 Å². The fraction of sp³-hybridized carbons (Fsp3) is 0.333. The van der Waals surface area contributed by atoms with Crippen LogP contribution < -0.4 is 4.74 Å². The molecule has 1 aliphatic rings. The van der Waals surface area contributed by atoms with E-state index in [0.717, 1.165) is 0 Å². The first-order valence-electron chi connectivity index (χ1n) is 9.42. The van der Waals surface area contributed by atoms with Gasteiger partial charge in [-0.15, -0.1) is 0 Å². The molecule has 0 saturated carbocycles. The summed E-state index contributed by atoms with van der Waals surface area (Å²) < 4.78 is 50.5. The molecule has 0 amide bonds. The third kappa shape index (κ3) is 4.62. The van der Waals surface area contributed by atoms with E-state index in [4.69, 9.17) is 21.1 Å². The van der Waals surface area contributed by atoms with Gasteiger partial charge in [0.2, 0.25) is 5.90 Å². The number of pyridine rings is 1. The fourth-order valence-electron chi connectivity index (χ4n) is 3.22. The minimum atomic E-state index is -4.47. The standard InChI is InChI=1S/C21H19ClF3N3O3/c1-20(2,29)17-8-26-19(31-17)15-10-28-9-12(22)7-14(18(28)27-15)13-5-3-4-6-16(13)30-11-21(23,24)25/h3-7,9-10,17,29H,8,11H2,1-2H3. The second-order valence-electron chi connectivity index (χ2n) is 7.74. The largest absolute Gasteiger partial charge is 0.483 e. The zero-order chi connectivity index (χ0) is 22.4. The lowest BCUT2D eigenvalue weighted by Crippen LogP contribution is -2.38. The number of nitrogens with zero attached hydrogens (tertiary/aromatic N) is 3. The molecule has 1 N–H and O–H groups in total. The predicted molar refractivity (Wildman–Crippen MR) is 110 cm³/mol. The minimum Gasteiger partial charge on any atom is -0.483 e. The van der Waals surface area contributed by atoms with Gasteiger partial charge in [-0.1, -0.05) is 29.8 Å². The van der Waals surface area contributed by atoms with Gasteiger partial charge in [0.1, 0.15) is 23.2 Å². The van der Waals surface area contributed by atoms with Crippen LogP contribution in [0, 0.1) is 0 Å². The Morgan fingerprint density at radius 3 is 2.65 bits per heavy atom. The molecule has 0 radical (unpaired) electrons. The summed E-state index contributed by atoms with van der Waals surface area (Å²) in [6.45, 7) is 2.14. The number of halogens is 4. The number of aliphatic hydroxyl groups is 1. The lowest BCUT2D eigenvalue weighted by molar-refractivity contribution is -0.153. The Morgan fingerprint density at radius 2 is 1.97 bits per heavy atom. The molecule has 1 aliphatic heterocycles.